The highest BCUT2D eigenvalue weighted by Gasteiger charge is 2.72. The van der Waals surface area contributed by atoms with Crippen LogP contribution in [-0.2, 0) is 9.59 Å². The summed E-state index contributed by atoms with van der Waals surface area (Å²) in [5.41, 5.74) is -0.176. The minimum Gasteiger partial charge on any atom is -0.301 e. The second-order valence-electron chi connectivity index (χ2n) is 5.30. The first kappa shape index (κ1) is 12.1. The van der Waals surface area contributed by atoms with Crippen molar-refractivity contribution in [1.82, 2.24) is 10.2 Å². The molecule has 0 aromatic heterocycles. The van der Waals surface area contributed by atoms with Crippen LogP contribution in [0.3, 0.4) is 0 Å². The van der Waals surface area contributed by atoms with E-state index in [4.69, 9.17) is 5.26 Å². The van der Waals surface area contributed by atoms with Crippen LogP contribution < -0.4 is 5.32 Å². The van der Waals surface area contributed by atoms with E-state index in [0.717, 1.165) is 0 Å². The van der Waals surface area contributed by atoms with Crippen molar-refractivity contribution in [3.8, 4) is 6.07 Å². The van der Waals surface area contributed by atoms with Crippen molar-refractivity contribution in [2.75, 3.05) is 13.1 Å². The monoisotopic (exact) mass is 235 g/mol. The van der Waals surface area contributed by atoms with Gasteiger partial charge in [-0.05, 0) is 12.0 Å². The number of carbonyl (C=O) groups is 2. The maximum atomic E-state index is 12.0. The van der Waals surface area contributed by atoms with Gasteiger partial charge in [0.25, 0.3) is 0 Å². The molecule has 0 radical (unpaired) electrons. The SMILES string of the molecule is CCNC(C#N)CN1C(=O)C2C(C1=O)C2(C)C. The highest BCUT2D eigenvalue weighted by atomic mass is 16.2. The maximum Gasteiger partial charge on any atom is 0.233 e. The third-order valence-electron chi connectivity index (χ3n) is 3.86. The number of nitrogens with one attached hydrogen (secondary N) is 1. The van der Waals surface area contributed by atoms with Gasteiger partial charge in [-0.3, -0.25) is 14.5 Å². The van der Waals surface area contributed by atoms with Gasteiger partial charge in [0.2, 0.25) is 11.8 Å². The van der Waals surface area contributed by atoms with E-state index in [1.54, 1.807) is 0 Å². The average Bonchev–Trinajstić information content (AvgIpc) is 2.74. The number of likely N-dealkylation sites (N-methyl/N-ethyl adjacent to an activating group) is 1. The fourth-order valence-electron chi connectivity index (χ4n) is 2.76. The number of nitriles is 1. The molecule has 2 rings (SSSR count). The van der Waals surface area contributed by atoms with Crippen LogP contribution in [0.2, 0.25) is 0 Å². The first-order valence-electron chi connectivity index (χ1n) is 5.93. The number of imide groups is 1. The summed E-state index contributed by atoms with van der Waals surface area (Å²) >= 11 is 0. The van der Waals surface area contributed by atoms with Gasteiger partial charge in [-0.15, -0.1) is 0 Å². The molecule has 1 saturated carbocycles. The van der Waals surface area contributed by atoms with Crippen molar-refractivity contribution in [1.29, 1.82) is 5.26 Å². The molecule has 17 heavy (non-hydrogen) atoms. The van der Waals surface area contributed by atoms with Crippen molar-refractivity contribution < 1.29 is 9.59 Å². The minimum absolute atomic E-state index is 0.108. The van der Waals surface area contributed by atoms with E-state index in [1.165, 1.54) is 4.90 Å². The predicted octanol–water partition coefficient (Wildman–Crippen LogP) is 0.129. The average molecular weight is 235 g/mol. The smallest absolute Gasteiger partial charge is 0.233 e. The number of carbonyl (C=O) groups excluding carboxylic acids is 2. The van der Waals surface area contributed by atoms with Crippen LogP contribution in [0.4, 0.5) is 0 Å². The Hall–Kier alpha value is -1.41. The summed E-state index contributed by atoms with van der Waals surface area (Å²) in [4.78, 5) is 25.2. The summed E-state index contributed by atoms with van der Waals surface area (Å²) in [7, 11) is 0. The Bertz CT molecular complexity index is 386. The zero-order chi connectivity index (χ0) is 12.8. The summed E-state index contributed by atoms with van der Waals surface area (Å²) in [6, 6.07) is 1.60. The molecule has 5 heteroatoms. The highest BCUT2D eigenvalue weighted by molar-refractivity contribution is 6.10. The van der Waals surface area contributed by atoms with Gasteiger partial charge < -0.3 is 5.32 Å². The van der Waals surface area contributed by atoms with Gasteiger partial charge in [-0.25, -0.2) is 0 Å². The molecule has 2 fully saturated rings. The first-order chi connectivity index (χ1) is 7.95. The number of rotatable bonds is 4. The standard InChI is InChI=1S/C12H17N3O2/c1-4-14-7(5-13)6-15-10(16)8-9(11(15)17)12(8,2)3/h7-9,14H,4,6H2,1-3H3. The molecule has 0 bridgehead atoms. The quantitative estimate of drug-likeness (QED) is 0.703. The second-order valence-corrected chi connectivity index (χ2v) is 5.30. The van der Waals surface area contributed by atoms with Crippen LogP contribution in [0.5, 0.6) is 0 Å². The van der Waals surface area contributed by atoms with Crippen molar-refractivity contribution in [2.45, 2.75) is 26.8 Å². The third kappa shape index (κ3) is 1.64. The highest BCUT2D eigenvalue weighted by Crippen LogP contribution is 2.63. The summed E-state index contributed by atoms with van der Waals surface area (Å²) in [5, 5.41) is 11.9. The molecule has 0 aromatic rings. The van der Waals surface area contributed by atoms with E-state index in [0.29, 0.717) is 6.54 Å². The molecular formula is C12H17N3O2. The lowest BCUT2D eigenvalue weighted by atomic mass is 10.1. The van der Waals surface area contributed by atoms with Gasteiger partial charge >= 0.3 is 0 Å². The summed E-state index contributed by atoms with van der Waals surface area (Å²) in [6.45, 7) is 6.60. The van der Waals surface area contributed by atoms with Crippen LogP contribution in [0.15, 0.2) is 0 Å². The lowest BCUT2D eigenvalue weighted by molar-refractivity contribution is -0.143. The predicted molar refractivity (Wildman–Crippen MR) is 60.6 cm³/mol. The van der Waals surface area contributed by atoms with Crippen molar-refractivity contribution in [3.05, 3.63) is 0 Å². The van der Waals surface area contributed by atoms with Gasteiger partial charge in [0.1, 0.15) is 6.04 Å². The molecule has 0 aromatic carbocycles. The number of hydrogen-bond donors (Lipinski definition) is 1. The molecule has 92 valence electrons. The molecular weight excluding hydrogens is 218 g/mol. The zero-order valence-corrected chi connectivity index (χ0v) is 10.4. The number of amides is 2. The summed E-state index contributed by atoms with van der Waals surface area (Å²) in [6.07, 6.45) is 0. The van der Waals surface area contributed by atoms with Gasteiger partial charge in [0.15, 0.2) is 0 Å². The maximum absolute atomic E-state index is 12.0. The molecule has 1 aliphatic heterocycles. The van der Waals surface area contributed by atoms with Gasteiger partial charge in [-0.2, -0.15) is 5.26 Å². The number of fused-ring (bicyclic) bond motifs is 1. The van der Waals surface area contributed by atoms with E-state index in [2.05, 4.69) is 11.4 Å². The van der Waals surface area contributed by atoms with Crippen LogP contribution in [0.25, 0.3) is 0 Å². The third-order valence-corrected chi connectivity index (χ3v) is 3.86. The van der Waals surface area contributed by atoms with Gasteiger partial charge in [0, 0.05) is 0 Å². The Labute approximate surface area is 101 Å². The normalized spacial score (nSPS) is 31.1. The van der Waals surface area contributed by atoms with Gasteiger partial charge in [0.05, 0.1) is 24.4 Å². The molecule has 1 saturated heterocycles. The van der Waals surface area contributed by atoms with E-state index in [9.17, 15) is 9.59 Å². The Balaban J connectivity index is 2.04. The molecule has 3 atom stereocenters. The molecule has 0 spiro atoms. The van der Waals surface area contributed by atoms with Crippen molar-refractivity contribution >= 4 is 11.8 Å². The Morgan fingerprint density at radius 1 is 1.41 bits per heavy atom. The van der Waals surface area contributed by atoms with E-state index >= 15 is 0 Å². The van der Waals surface area contributed by atoms with Crippen LogP contribution in [-0.4, -0.2) is 35.8 Å². The van der Waals surface area contributed by atoms with Crippen LogP contribution in [0.1, 0.15) is 20.8 Å². The summed E-state index contributed by atoms with van der Waals surface area (Å²) < 4.78 is 0. The van der Waals surface area contributed by atoms with Crippen molar-refractivity contribution in [3.63, 3.8) is 0 Å². The molecule has 2 amide bonds. The fraction of sp³-hybridized carbons (Fsp3) is 0.750. The minimum atomic E-state index is -0.464. The molecule has 1 heterocycles. The fourth-order valence-corrected chi connectivity index (χ4v) is 2.76. The number of piperidine rings is 1. The zero-order valence-electron chi connectivity index (χ0n) is 10.4. The molecule has 1 N–H and O–H groups in total. The largest absolute Gasteiger partial charge is 0.301 e. The Kier molecular flexibility index (Phi) is 2.70. The van der Waals surface area contributed by atoms with Crippen molar-refractivity contribution in [2.24, 2.45) is 17.3 Å². The molecule has 3 unspecified atom stereocenters. The summed E-state index contributed by atoms with van der Waals surface area (Å²) in [5.74, 6) is -0.529. The molecule has 2 aliphatic rings. The topological polar surface area (TPSA) is 73.2 Å². The Morgan fingerprint density at radius 3 is 2.35 bits per heavy atom. The van der Waals surface area contributed by atoms with E-state index in [1.807, 2.05) is 20.8 Å². The second kappa shape index (κ2) is 3.81. The lowest BCUT2D eigenvalue weighted by Crippen LogP contribution is -2.45. The number of nitrogens with zero attached hydrogens (tertiary/aromatic N) is 2. The molecule has 1 aliphatic carbocycles. The first-order valence-corrected chi connectivity index (χ1v) is 5.93. The van der Waals surface area contributed by atoms with E-state index < -0.39 is 6.04 Å². The van der Waals surface area contributed by atoms with Crippen LogP contribution >= 0.6 is 0 Å². The lowest BCUT2D eigenvalue weighted by Gasteiger charge is -2.22. The Morgan fingerprint density at radius 2 is 1.94 bits per heavy atom. The van der Waals surface area contributed by atoms with E-state index in [-0.39, 0.29) is 35.6 Å². The number of likely N-dealkylation sites (tertiary alicyclic amines) is 1. The van der Waals surface area contributed by atoms with Gasteiger partial charge in [-0.1, -0.05) is 20.8 Å². The van der Waals surface area contributed by atoms with Crippen LogP contribution in [0, 0.1) is 28.6 Å². The number of hydrogen-bond acceptors (Lipinski definition) is 4. The molecule has 5 nitrogen and oxygen atoms in total.